The first-order chi connectivity index (χ1) is 6.72. The summed E-state index contributed by atoms with van der Waals surface area (Å²) < 4.78 is 1.08. The molecule has 1 aliphatic carbocycles. The number of benzene rings is 1. The highest BCUT2D eigenvalue weighted by atomic mass is 79.9. The predicted octanol–water partition coefficient (Wildman–Crippen LogP) is 2.30. The minimum absolute atomic E-state index is 0.162. The summed E-state index contributed by atoms with van der Waals surface area (Å²) in [7, 11) is 1.69. The average molecular weight is 254 g/mol. The van der Waals surface area contributed by atoms with Gasteiger partial charge in [0.15, 0.2) is 0 Å². The molecule has 2 atom stereocenters. The van der Waals surface area contributed by atoms with E-state index < -0.39 is 0 Å². The van der Waals surface area contributed by atoms with E-state index in [4.69, 9.17) is 0 Å². The van der Waals surface area contributed by atoms with Crippen molar-refractivity contribution in [2.45, 2.75) is 12.3 Å². The Morgan fingerprint density at radius 2 is 2.36 bits per heavy atom. The van der Waals surface area contributed by atoms with Crippen LogP contribution < -0.4 is 5.32 Å². The van der Waals surface area contributed by atoms with Crippen LogP contribution in [-0.2, 0) is 4.79 Å². The van der Waals surface area contributed by atoms with Gasteiger partial charge < -0.3 is 5.32 Å². The topological polar surface area (TPSA) is 29.1 Å². The quantitative estimate of drug-likeness (QED) is 0.862. The van der Waals surface area contributed by atoms with Gasteiger partial charge in [0, 0.05) is 17.4 Å². The third-order valence-corrected chi connectivity index (χ3v) is 3.14. The highest BCUT2D eigenvalue weighted by molar-refractivity contribution is 9.10. The third kappa shape index (κ3) is 1.82. The Labute approximate surface area is 91.8 Å². The van der Waals surface area contributed by atoms with Gasteiger partial charge in [0.1, 0.15) is 0 Å². The fraction of sp³-hybridized carbons (Fsp3) is 0.364. The van der Waals surface area contributed by atoms with Crippen molar-refractivity contribution in [2.75, 3.05) is 7.05 Å². The first kappa shape index (κ1) is 9.71. The first-order valence-corrected chi connectivity index (χ1v) is 5.48. The molecule has 0 bridgehead atoms. The van der Waals surface area contributed by atoms with E-state index >= 15 is 0 Å². The maximum absolute atomic E-state index is 11.3. The predicted molar refractivity (Wildman–Crippen MR) is 59.1 cm³/mol. The second-order valence-electron chi connectivity index (χ2n) is 3.62. The highest BCUT2D eigenvalue weighted by Crippen LogP contribution is 2.47. The summed E-state index contributed by atoms with van der Waals surface area (Å²) in [6.07, 6.45) is 0.982. The number of carbonyl (C=O) groups is 1. The van der Waals surface area contributed by atoms with Crippen LogP contribution in [0, 0.1) is 5.92 Å². The van der Waals surface area contributed by atoms with E-state index in [0.29, 0.717) is 5.92 Å². The molecule has 2 rings (SSSR count). The maximum Gasteiger partial charge on any atom is 0.223 e. The van der Waals surface area contributed by atoms with Crippen molar-refractivity contribution in [2.24, 2.45) is 5.92 Å². The van der Waals surface area contributed by atoms with Crippen LogP contribution in [-0.4, -0.2) is 13.0 Å². The van der Waals surface area contributed by atoms with E-state index in [1.165, 1.54) is 5.56 Å². The van der Waals surface area contributed by atoms with Crippen LogP contribution in [0.2, 0.25) is 0 Å². The number of nitrogens with one attached hydrogen (secondary N) is 1. The first-order valence-electron chi connectivity index (χ1n) is 4.69. The Morgan fingerprint density at radius 3 is 3.00 bits per heavy atom. The maximum atomic E-state index is 11.3. The van der Waals surface area contributed by atoms with Gasteiger partial charge in [-0.05, 0) is 30.0 Å². The van der Waals surface area contributed by atoms with Crippen LogP contribution in [0.15, 0.2) is 28.7 Å². The van der Waals surface area contributed by atoms with Crippen LogP contribution in [0.5, 0.6) is 0 Å². The van der Waals surface area contributed by atoms with E-state index in [2.05, 4.69) is 33.4 Å². The molecule has 2 nitrogen and oxygen atoms in total. The van der Waals surface area contributed by atoms with Crippen LogP contribution in [0.25, 0.3) is 0 Å². The van der Waals surface area contributed by atoms with Gasteiger partial charge in [-0.15, -0.1) is 0 Å². The van der Waals surface area contributed by atoms with Crippen molar-refractivity contribution in [3.05, 3.63) is 34.3 Å². The largest absolute Gasteiger partial charge is 0.359 e. The summed E-state index contributed by atoms with van der Waals surface area (Å²) in [5, 5.41) is 2.69. The molecule has 1 aliphatic rings. The lowest BCUT2D eigenvalue weighted by Gasteiger charge is -2.00. The van der Waals surface area contributed by atoms with Gasteiger partial charge in [0.2, 0.25) is 5.91 Å². The number of carbonyl (C=O) groups excluding carboxylic acids is 1. The average Bonchev–Trinajstić information content (AvgIpc) is 2.96. The standard InChI is InChI=1S/C11H12BrNO/c1-13-11(14)10-6-9(10)7-3-2-4-8(12)5-7/h2-5,9-10H,6H2,1H3,(H,13,14). The van der Waals surface area contributed by atoms with Crippen molar-refractivity contribution in [3.63, 3.8) is 0 Å². The van der Waals surface area contributed by atoms with Gasteiger partial charge in [0.25, 0.3) is 0 Å². The zero-order valence-corrected chi connectivity index (χ0v) is 9.54. The minimum Gasteiger partial charge on any atom is -0.359 e. The lowest BCUT2D eigenvalue weighted by molar-refractivity contribution is -0.121. The zero-order valence-electron chi connectivity index (χ0n) is 7.96. The lowest BCUT2D eigenvalue weighted by atomic mass is 10.1. The van der Waals surface area contributed by atoms with E-state index in [1.54, 1.807) is 7.05 Å². The van der Waals surface area contributed by atoms with Crippen LogP contribution in [0.4, 0.5) is 0 Å². The van der Waals surface area contributed by atoms with Crippen molar-refractivity contribution in [1.29, 1.82) is 0 Å². The molecule has 1 saturated carbocycles. The second kappa shape index (κ2) is 3.73. The normalized spacial score (nSPS) is 24.4. The summed E-state index contributed by atoms with van der Waals surface area (Å²) in [6, 6.07) is 8.19. The van der Waals surface area contributed by atoms with E-state index in [9.17, 15) is 4.79 Å². The minimum atomic E-state index is 0.162. The van der Waals surface area contributed by atoms with Gasteiger partial charge in [-0.3, -0.25) is 4.79 Å². The Hall–Kier alpha value is -0.830. The molecule has 2 unspecified atom stereocenters. The Kier molecular flexibility index (Phi) is 2.59. The molecule has 1 aromatic carbocycles. The highest BCUT2D eigenvalue weighted by Gasteiger charge is 2.43. The molecular formula is C11H12BrNO. The summed E-state index contributed by atoms with van der Waals surface area (Å²) in [5.74, 6) is 0.775. The van der Waals surface area contributed by atoms with E-state index in [0.717, 1.165) is 10.9 Å². The molecule has 1 fully saturated rings. The Morgan fingerprint density at radius 1 is 1.57 bits per heavy atom. The molecule has 1 aromatic rings. The number of amides is 1. The zero-order chi connectivity index (χ0) is 10.1. The van der Waals surface area contributed by atoms with Crippen molar-refractivity contribution in [3.8, 4) is 0 Å². The second-order valence-corrected chi connectivity index (χ2v) is 4.53. The van der Waals surface area contributed by atoms with Crippen LogP contribution >= 0.6 is 15.9 Å². The summed E-state index contributed by atoms with van der Waals surface area (Å²) in [6.45, 7) is 0. The van der Waals surface area contributed by atoms with E-state index in [-0.39, 0.29) is 11.8 Å². The third-order valence-electron chi connectivity index (χ3n) is 2.65. The molecule has 3 heteroatoms. The Bertz CT molecular complexity index is 364. The smallest absolute Gasteiger partial charge is 0.223 e. The molecule has 1 amide bonds. The molecule has 0 radical (unpaired) electrons. The van der Waals surface area contributed by atoms with Crippen molar-refractivity contribution < 1.29 is 4.79 Å². The molecule has 0 spiro atoms. The summed E-state index contributed by atoms with van der Waals surface area (Å²) in [5.41, 5.74) is 1.26. The molecule has 0 aliphatic heterocycles. The monoisotopic (exact) mass is 253 g/mol. The fourth-order valence-corrected chi connectivity index (χ4v) is 2.19. The van der Waals surface area contributed by atoms with Gasteiger partial charge in [0.05, 0.1) is 0 Å². The number of hydrogen-bond donors (Lipinski definition) is 1. The molecule has 0 aromatic heterocycles. The van der Waals surface area contributed by atoms with E-state index in [1.807, 2.05) is 12.1 Å². The fourth-order valence-electron chi connectivity index (χ4n) is 1.78. The van der Waals surface area contributed by atoms with Crippen molar-refractivity contribution >= 4 is 21.8 Å². The van der Waals surface area contributed by atoms with Crippen LogP contribution in [0.3, 0.4) is 0 Å². The van der Waals surface area contributed by atoms with Gasteiger partial charge >= 0.3 is 0 Å². The van der Waals surface area contributed by atoms with Crippen molar-refractivity contribution in [1.82, 2.24) is 5.32 Å². The SMILES string of the molecule is CNC(=O)C1CC1c1cccc(Br)c1. The van der Waals surface area contributed by atoms with Crippen LogP contribution in [0.1, 0.15) is 17.9 Å². The lowest BCUT2D eigenvalue weighted by Crippen LogP contribution is -2.20. The number of hydrogen-bond acceptors (Lipinski definition) is 1. The summed E-state index contributed by atoms with van der Waals surface area (Å²) >= 11 is 3.43. The number of rotatable bonds is 2. The number of halogens is 1. The molecular weight excluding hydrogens is 242 g/mol. The molecule has 14 heavy (non-hydrogen) atoms. The summed E-state index contributed by atoms with van der Waals surface area (Å²) in [4.78, 5) is 11.3. The molecule has 74 valence electrons. The van der Waals surface area contributed by atoms with Gasteiger partial charge in [-0.1, -0.05) is 28.1 Å². The molecule has 0 saturated heterocycles. The molecule has 0 heterocycles. The van der Waals surface area contributed by atoms with Gasteiger partial charge in [-0.2, -0.15) is 0 Å². The molecule has 1 N–H and O–H groups in total. The van der Waals surface area contributed by atoms with Gasteiger partial charge in [-0.25, -0.2) is 0 Å². The Balaban J connectivity index is 2.09.